The summed E-state index contributed by atoms with van der Waals surface area (Å²) in [7, 11) is 3.21. The number of carbonyl (C=O) groups is 2. The van der Waals surface area contributed by atoms with E-state index in [1.54, 1.807) is 26.6 Å². The first-order valence-corrected chi connectivity index (χ1v) is 10.8. The predicted molar refractivity (Wildman–Crippen MR) is 124 cm³/mol. The van der Waals surface area contributed by atoms with Gasteiger partial charge in [-0.25, -0.2) is 10.9 Å². The molecular formula is C22H26N4O4S. The quantitative estimate of drug-likeness (QED) is 0.299. The Labute approximate surface area is 186 Å². The number of amides is 2. The summed E-state index contributed by atoms with van der Waals surface area (Å²) in [6, 6.07) is 14.7. The molecule has 0 radical (unpaired) electrons. The third kappa shape index (κ3) is 9.81. The number of nitrogens with one attached hydrogen (secondary N) is 2. The fraction of sp³-hybridized carbons (Fsp3) is 0.273. The minimum atomic E-state index is -0.175. The van der Waals surface area contributed by atoms with E-state index in [2.05, 4.69) is 21.1 Å². The highest BCUT2D eigenvalue weighted by Crippen LogP contribution is 2.10. The third-order valence-electron chi connectivity index (χ3n) is 3.98. The van der Waals surface area contributed by atoms with Gasteiger partial charge in [0.25, 0.3) is 0 Å². The molecule has 0 saturated heterocycles. The summed E-state index contributed by atoms with van der Waals surface area (Å²) < 4.78 is 10.2. The van der Waals surface area contributed by atoms with Gasteiger partial charge in [0.1, 0.15) is 11.5 Å². The van der Waals surface area contributed by atoms with Gasteiger partial charge in [-0.15, -0.1) is 0 Å². The Morgan fingerprint density at radius 1 is 0.774 bits per heavy atom. The summed E-state index contributed by atoms with van der Waals surface area (Å²) in [6.07, 6.45) is 3.78. The molecule has 31 heavy (non-hydrogen) atoms. The molecule has 2 N–H and O–H groups in total. The van der Waals surface area contributed by atoms with Crippen LogP contribution in [0.15, 0.2) is 58.7 Å². The predicted octanol–water partition coefficient (Wildman–Crippen LogP) is 2.82. The van der Waals surface area contributed by atoms with Crippen LogP contribution >= 0.6 is 11.8 Å². The first-order chi connectivity index (χ1) is 15.1. The minimum Gasteiger partial charge on any atom is -0.497 e. The molecule has 0 aliphatic heterocycles. The number of thioether (sulfide) groups is 1. The highest BCUT2D eigenvalue weighted by Gasteiger charge is 2.02. The minimum absolute atomic E-state index is 0.175. The number of ether oxygens (including phenoxy) is 2. The molecule has 0 bridgehead atoms. The van der Waals surface area contributed by atoms with Gasteiger partial charge in [-0.05, 0) is 59.7 Å². The first kappa shape index (κ1) is 23.9. The second kappa shape index (κ2) is 13.8. The average Bonchev–Trinajstić information content (AvgIpc) is 2.80. The highest BCUT2D eigenvalue weighted by atomic mass is 32.2. The summed E-state index contributed by atoms with van der Waals surface area (Å²) >= 11 is 1.52. The standard InChI is InChI=1S/C22H26N4O4S/c1-29-19-7-3-17(4-8-19)15-23-25-21(27)11-13-31-14-12-22(28)26-24-16-18-5-9-20(30-2)10-6-18/h3-10,15-16H,11-14H2,1-2H3,(H,25,27)(H,26,28)/b23-15-,24-16+. The van der Waals surface area contributed by atoms with Crippen molar-refractivity contribution in [2.75, 3.05) is 25.7 Å². The molecule has 2 aromatic rings. The molecule has 164 valence electrons. The van der Waals surface area contributed by atoms with Gasteiger partial charge in [-0.2, -0.15) is 22.0 Å². The lowest BCUT2D eigenvalue weighted by Crippen LogP contribution is -2.19. The van der Waals surface area contributed by atoms with Crippen molar-refractivity contribution in [2.24, 2.45) is 10.2 Å². The molecule has 2 aromatic carbocycles. The van der Waals surface area contributed by atoms with Crippen molar-refractivity contribution in [3.05, 3.63) is 59.7 Å². The largest absolute Gasteiger partial charge is 0.497 e. The number of methoxy groups -OCH3 is 2. The van der Waals surface area contributed by atoms with E-state index in [9.17, 15) is 9.59 Å². The van der Waals surface area contributed by atoms with Crippen LogP contribution in [0.3, 0.4) is 0 Å². The van der Waals surface area contributed by atoms with Crippen LogP contribution in [0.5, 0.6) is 11.5 Å². The molecule has 0 spiro atoms. The third-order valence-corrected chi connectivity index (χ3v) is 4.97. The van der Waals surface area contributed by atoms with Crippen LogP contribution in [0.4, 0.5) is 0 Å². The van der Waals surface area contributed by atoms with Crippen molar-refractivity contribution >= 4 is 36.0 Å². The molecule has 0 aliphatic carbocycles. The Kier molecular flexibility index (Phi) is 10.7. The topological polar surface area (TPSA) is 101 Å². The lowest BCUT2D eigenvalue weighted by Gasteiger charge is -2.02. The summed E-state index contributed by atoms with van der Waals surface area (Å²) in [5.74, 6) is 2.38. The smallest absolute Gasteiger partial charge is 0.240 e. The molecule has 0 saturated carbocycles. The second-order valence-corrected chi connectivity index (χ2v) is 7.47. The normalized spacial score (nSPS) is 10.9. The molecule has 0 unspecified atom stereocenters. The van der Waals surface area contributed by atoms with Crippen LogP contribution < -0.4 is 20.3 Å². The zero-order valence-electron chi connectivity index (χ0n) is 17.5. The van der Waals surface area contributed by atoms with Crippen molar-refractivity contribution in [1.29, 1.82) is 0 Å². The Hall–Kier alpha value is -3.33. The molecular weight excluding hydrogens is 416 g/mol. The highest BCUT2D eigenvalue weighted by molar-refractivity contribution is 7.99. The van der Waals surface area contributed by atoms with Crippen LogP contribution in [0.1, 0.15) is 24.0 Å². The van der Waals surface area contributed by atoms with Crippen molar-refractivity contribution < 1.29 is 19.1 Å². The summed E-state index contributed by atoms with van der Waals surface area (Å²) in [4.78, 5) is 23.6. The van der Waals surface area contributed by atoms with E-state index in [1.165, 1.54) is 11.8 Å². The van der Waals surface area contributed by atoms with Gasteiger partial charge in [0.15, 0.2) is 0 Å². The molecule has 0 atom stereocenters. The lowest BCUT2D eigenvalue weighted by molar-refractivity contribution is -0.121. The van der Waals surface area contributed by atoms with E-state index in [4.69, 9.17) is 9.47 Å². The van der Waals surface area contributed by atoms with Crippen LogP contribution in [0, 0.1) is 0 Å². The van der Waals surface area contributed by atoms with Crippen LogP contribution in [-0.2, 0) is 9.59 Å². The number of hydrogen-bond donors (Lipinski definition) is 2. The van der Waals surface area contributed by atoms with E-state index < -0.39 is 0 Å². The molecule has 8 nitrogen and oxygen atoms in total. The van der Waals surface area contributed by atoms with E-state index in [0.717, 1.165) is 22.6 Å². The molecule has 9 heteroatoms. The van der Waals surface area contributed by atoms with Crippen molar-refractivity contribution in [1.82, 2.24) is 10.9 Å². The van der Waals surface area contributed by atoms with Crippen molar-refractivity contribution in [3.63, 3.8) is 0 Å². The molecule has 0 heterocycles. The van der Waals surface area contributed by atoms with Crippen molar-refractivity contribution in [2.45, 2.75) is 12.8 Å². The second-order valence-electron chi connectivity index (χ2n) is 6.25. The van der Waals surface area contributed by atoms with E-state index in [-0.39, 0.29) is 11.8 Å². The molecule has 0 fully saturated rings. The molecule has 0 aliphatic rings. The monoisotopic (exact) mass is 442 g/mol. The van der Waals surface area contributed by atoms with E-state index >= 15 is 0 Å². The van der Waals surface area contributed by atoms with Crippen molar-refractivity contribution in [3.8, 4) is 11.5 Å². The average molecular weight is 443 g/mol. The number of benzene rings is 2. The summed E-state index contributed by atoms with van der Waals surface area (Å²) in [5, 5.41) is 7.86. The number of hydrazone groups is 2. The number of nitrogens with zero attached hydrogens (tertiary/aromatic N) is 2. The van der Waals surface area contributed by atoms with Gasteiger partial charge in [-0.3, -0.25) is 9.59 Å². The van der Waals surface area contributed by atoms with E-state index in [0.29, 0.717) is 24.3 Å². The lowest BCUT2D eigenvalue weighted by atomic mass is 10.2. The molecule has 0 aromatic heterocycles. The fourth-order valence-electron chi connectivity index (χ4n) is 2.28. The zero-order valence-corrected chi connectivity index (χ0v) is 18.4. The maximum Gasteiger partial charge on any atom is 0.240 e. The van der Waals surface area contributed by atoms with Gasteiger partial charge in [0, 0.05) is 24.3 Å². The first-order valence-electron chi connectivity index (χ1n) is 9.60. The summed E-state index contributed by atoms with van der Waals surface area (Å²) in [5.41, 5.74) is 6.69. The van der Waals surface area contributed by atoms with Crippen LogP contribution in [0.25, 0.3) is 0 Å². The maximum absolute atomic E-state index is 11.8. The SMILES string of the molecule is COc1ccc(/C=N\NC(=O)CCSCCC(=O)N/N=C/c2ccc(OC)cc2)cc1. The summed E-state index contributed by atoms with van der Waals surface area (Å²) in [6.45, 7) is 0. The number of hydrogen-bond acceptors (Lipinski definition) is 7. The van der Waals surface area contributed by atoms with Gasteiger partial charge in [-0.1, -0.05) is 0 Å². The fourth-order valence-corrected chi connectivity index (χ4v) is 3.14. The number of rotatable bonds is 12. The van der Waals surface area contributed by atoms with Gasteiger partial charge in [0.2, 0.25) is 11.8 Å². The Balaban J connectivity index is 1.54. The molecule has 2 rings (SSSR count). The number of carbonyl (C=O) groups excluding carboxylic acids is 2. The van der Waals surface area contributed by atoms with Crippen LogP contribution in [0.2, 0.25) is 0 Å². The molecule has 2 amide bonds. The van der Waals surface area contributed by atoms with Crippen LogP contribution in [-0.4, -0.2) is 50.0 Å². The van der Waals surface area contributed by atoms with Gasteiger partial charge < -0.3 is 9.47 Å². The Bertz CT molecular complexity index is 810. The van der Waals surface area contributed by atoms with Gasteiger partial charge >= 0.3 is 0 Å². The Morgan fingerprint density at radius 3 is 1.52 bits per heavy atom. The maximum atomic E-state index is 11.8. The zero-order chi connectivity index (χ0) is 22.3. The Morgan fingerprint density at radius 2 is 1.16 bits per heavy atom. The van der Waals surface area contributed by atoms with Gasteiger partial charge in [0.05, 0.1) is 26.6 Å². The van der Waals surface area contributed by atoms with E-state index in [1.807, 2.05) is 48.5 Å².